The fraction of sp³-hybridized carbons (Fsp3) is 0.750. The van der Waals surface area contributed by atoms with Crippen LogP contribution in [0.2, 0.25) is 0 Å². The highest BCUT2D eigenvalue weighted by Gasteiger charge is 1.94. The van der Waals surface area contributed by atoms with Gasteiger partial charge in [0.15, 0.2) is 0 Å². The predicted octanol–water partition coefficient (Wildman–Crippen LogP) is 2.74. The van der Waals surface area contributed by atoms with Gasteiger partial charge in [0.1, 0.15) is 0 Å². The molecule has 0 atom stereocenters. The van der Waals surface area contributed by atoms with Crippen molar-refractivity contribution in [3.63, 3.8) is 0 Å². The first kappa shape index (κ1) is 14.2. The second kappa shape index (κ2) is 11.2. The third kappa shape index (κ3) is 13.2. The van der Waals surface area contributed by atoms with Crippen molar-refractivity contribution < 1.29 is 15.0 Å². The summed E-state index contributed by atoms with van der Waals surface area (Å²) in [5.74, 6) is -0.706. The number of aliphatic carboxylic acids is 1. The van der Waals surface area contributed by atoms with E-state index in [0.717, 1.165) is 44.9 Å². The molecule has 88 valence electrons. The van der Waals surface area contributed by atoms with Crippen LogP contribution in [0.1, 0.15) is 51.4 Å². The average molecular weight is 214 g/mol. The predicted molar refractivity (Wildman–Crippen MR) is 60.8 cm³/mol. The van der Waals surface area contributed by atoms with Crippen LogP contribution in [-0.2, 0) is 4.79 Å². The topological polar surface area (TPSA) is 57.5 Å². The first-order valence-corrected chi connectivity index (χ1v) is 5.75. The van der Waals surface area contributed by atoms with Gasteiger partial charge in [-0.15, -0.1) is 0 Å². The summed E-state index contributed by atoms with van der Waals surface area (Å²) in [6.45, 7) is 0.291. The summed E-state index contributed by atoms with van der Waals surface area (Å²) >= 11 is 0. The van der Waals surface area contributed by atoms with Gasteiger partial charge in [0.2, 0.25) is 0 Å². The summed E-state index contributed by atoms with van der Waals surface area (Å²) in [6.07, 6.45) is 11.4. The molecule has 2 N–H and O–H groups in total. The van der Waals surface area contributed by atoms with E-state index in [1.54, 1.807) is 0 Å². The minimum atomic E-state index is -0.706. The normalized spacial score (nSPS) is 11.0. The highest BCUT2D eigenvalue weighted by molar-refractivity contribution is 5.66. The highest BCUT2D eigenvalue weighted by Crippen LogP contribution is 2.03. The lowest BCUT2D eigenvalue weighted by Gasteiger charge is -1.95. The zero-order chi connectivity index (χ0) is 11.4. The fourth-order valence-corrected chi connectivity index (χ4v) is 1.32. The Morgan fingerprint density at radius 2 is 1.53 bits per heavy atom. The largest absolute Gasteiger partial charge is 0.481 e. The van der Waals surface area contributed by atoms with E-state index in [2.05, 4.69) is 12.2 Å². The van der Waals surface area contributed by atoms with Gasteiger partial charge in [0, 0.05) is 13.0 Å². The van der Waals surface area contributed by atoms with Crippen molar-refractivity contribution in [1.82, 2.24) is 0 Å². The lowest BCUT2D eigenvalue weighted by atomic mass is 10.1. The standard InChI is InChI=1S/C12H22O3/c13-11-9-7-5-3-1-2-4-6-8-10-12(14)15/h1-2,13H,3-11H2,(H,14,15)/b2-1-. The van der Waals surface area contributed by atoms with Crippen LogP contribution in [0.15, 0.2) is 12.2 Å². The van der Waals surface area contributed by atoms with E-state index in [1.165, 1.54) is 0 Å². The molecule has 0 amide bonds. The van der Waals surface area contributed by atoms with Gasteiger partial charge in [-0.2, -0.15) is 0 Å². The summed E-state index contributed by atoms with van der Waals surface area (Å²) in [5, 5.41) is 16.9. The van der Waals surface area contributed by atoms with Gasteiger partial charge in [-0.05, 0) is 38.5 Å². The molecular weight excluding hydrogens is 192 g/mol. The van der Waals surface area contributed by atoms with Gasteiger partial charge < -0.3 is 10.2 Å². The smallest absolute Gasteiger partial charge is 0.303 e. The Morgan fingerprint density at radius 1 is 0.933 bits per heavy atom. The van der Waals surface area contributed by atoms with Crippen molar-refractivity contribution in [2.24, 2.45) is 0 Å². The molecule has 0 aliphatic heterocycles. The Morgan fingerprint density at radius 3 is 2.07 bits per heavy atom. The monoisotopic (exact) mass is 214 g/mol. The van der Waals surface area contributed by atoms with Crippen LogP contribution >= 0.6 is 0 Å². The zero-order valence-electron chi connectivity index (χ0n) is 9.32. The Kier molecular flexibility index (Phi) is 10.6. The maximum Gasteiger partial charge on any atom is 0.303 e. The lowest BCUT2D eigenvalue weighted by Crippen LogP contribution is -1.92. The van der Waals surface area contributed by atoms with E-state index >= 15 is 0 Å². The second-order valence-corrected chi connectivity index (χ2v) is 3.68. The van der Waals surface area contributed by atoms with Crippen molar-refractivity contribution >= 4 is 5.97 Å². The first-order valence-electron chi connectivity index (χ1n) is 5.75. The molecule has 0 aromatic heterocycles. The number of unbranched alkanes of at least 4 members (excludes halogenated alkanes) is 5. The molecule has 0 aliphatic carbocycles. The summed E-state index contributed by atoms with van der Waals surface area (Å²) in [6, 6.07) is 0. The van der Waals surface area contributed by atoms with Gasteiger partial charge in [-0.3, -0.25) is 4.79 Å². The molecule has 0 fully saturated rings. The molecule has 0 saturated heterocycles. The van der Waals surface area contributed by atoms with E-state index in [9.17, 15) is 4.79 Å². The average Bonchev–Trinajstić information content (AvgIpc) is 2.20. The number of hydrogen-bond acceptors (Lipinski definition) is 2. The van der Waals surface area contributed by atoms with Crippen LogP contribution in [0, 0.1) is 0 Å². The molecule has 0 saturated carbocycles. The molecule has 15 heavy (non-hydrogen) atoms. The van der Waals surface area contributed by atoms with Crippen LogP contribution in [0.3, 0.4) is 0 Å². The van der Waals surface area contributed by atoms with Gasteiger partial charge in [0.25, 0.3) is 0 Å². The molecule has 3 heteroatoms. The van der Waals surface area contributed by atoms with Crippen LogP contribution < -0.4 is 0 Å². The summed E-state index contributed by atoms with van der Waals surface area (Å²) in [7, 11) is 0. The van der Waals surface area contributed by atoms with Crippen molar-refractivity contribution in [2.45, 2.75) is 51.4 Å². The quantitative estimate of drug-likeness (QED) is 0.434. The van der Waals surface area contributed by atoms with E-state index in [0.29, 0.717) is 6.61 Å². The molecule has 0 bridgehead atoms. The number of carbonyl (C=O) groups is 1. The van der Waals surface area contributed by atoms with E-state index in [4.69, 9.17) is 10.2 Å². The minimum absolute atomic E-state index is 0.282. The third-order valence-electron chi connectivity index (χ3n) is 2.21. The zero-order valence-corrected chi connectivity index (χ0v) is 9.32. The molecule has 0 aromatic rings. The molecule has 0 heterocycles. The Hall–Kier alpha value is -0.830. The van der Waals surface area contributed by atoms with Crippen LogP contribution in [0.4, 0.5) is 0 Å². The van der Waals surface area contributed by atoms with E-state index in [-0.39, 0.29) is 6.42 Å². The molecule has 0 rings (SSSR count). The molecule has 0 radical (unpaired) electrons. The fourth-order valence-electron chi connectivity index (χ4n) is 1.32. The second-order valence-electron chi connectivity index (χ2n) is 3.68. The lowest BCUT2D eigenvalue weighted by molar-refractivity contribution is -0.137. The maximum absolute atomic E-state index is 10.2. The van der Waals surface area contributed by atoms with Crippen molar-refractivity contribution in [2.75, 3.05) is 6.61 Å². The number of aliphatic hydroxyl groups is 1. The summed E-state index contributed by atoms with van der Waals surface area (Å²) < 4.78 is 0. The minimum Gasteiger partial charge on any atom is -0.481 e. The number of hydrogen-bond donors (Lipinski definition) is 2. The third-order valence-corrected chi connectivity index (χ3v) is 2.21. The van der Waals surface area contributed by atoms with Gasteiger partial charge in [-0.25, -0.2) is 0 Å². The molecule has 0 aromatic carbocycles. The SMILES string of the molecule is O=C(O)CCCC/C=C\CCCCCO. The summed E-state index contributed by atoms with van der Waals surface area (Å²) in [5.41, 5.74) is 0. The van der Waals surface area contributed by atoms with E-state index in [1.807, 2.05) is 0 Å². The number of carboxylic acids is 1. The molecule has 0 aliphatic rings. The van der Waals surface area contributed by atoms with Crippen molar-refractivity contribution in [3.8, 4) is 0 Å². The highest BCUT2D eigenvalue weighted by atomic mass is 16.4. The van der Waals surface area contributed by atoms with Crippen LogP contribution in [0.25, 0.3) is 0 Å². The Bertz CT molecular complexity index is 176. The van der Waals surface area contributed by atoms with Gasteiger partial charge >= 0.3 is 5.97 Å². The number of aliphatic hydroxyl groups excluding tert-OH is 1. The molecule has 3 nitrogen and oxygen atoms in total. The van der Waals surface area contributed by atoms with Crippen LogP contribution in [-0.4, -0.2) is 22.8 Å². The number of allylic oxidation sites excluding steroid dienone is 2. The number of rotatable bonds is 10. The van der Waals surface area contributed by atoms with Gasteiger partial charge in [-0.1, -0.05) is 18.6 Å². The Balaban J connectivity index is 3.07. The maximum atomic E-state index is 10.2. The van der Waals surface area contributed by atoms with E-state index < -0.39 is 5.97 Å². The molecule has 0 spiro atoms. The van der Waals surface area contributed by atoms with Crippen molar-refractivity contribution in [1.29, 1.82) is 0 Å². The molecular formula is C12H22O3. The van der Waals surface area contributed by atoms with Crippen LogP contribution in [0.5, 0.6) is 0 Å². The number of carboxylic acid groups (broad SMARTS) is 1. The summed E-state index contributed by atoms with van der Waals surface area (Å²) in [4.78, 5) is 10.2. The van der Waals surface area contributed by atoms with Gasteiger partial charge in [0.05, 0.1) is 0 Å². The Labute approximate surface area is 91.8 Å². The van der Waals surface area contributed by atoms with Crippen molar-refractivity contribution in [3.05, 3.63) is 12.2 Å². The molecule has 0 unspecified atom stereocenters. The first-order chi connectivity index (χ1) is 7.27.